The number of amides is 3. The third kappa shape index (κ3) is 7.26. The monoisotopic (exact) mass is 484 g/mol. The number of piperazine rings is 1. The molecule has 1 aliphatic heterocycles. The summed E-state index contributed by atoms with van der Waals surface area (Å²) in [4.78, 5) is 42.9. The van der Waals surface area contributed by atoms with Crippen molar-refractivity contribution in [2.45, 2.75) is 13.8 Å². The van der Waals surface area contributed by atoms with Crippen LogP contribution in [-0.4, -0.2) is 80.5 Å². The lowest BCUT2D eigenvalue weighted by atomic mass is 10.1. The topological polar surface area (TPSA) is 82.2 Å². The van der Waals surface area contributed by atoms with Crippen LogP contribution < -0.4 is 10.2 Å². The minimum absolute atomic E-state index is 0.0383. The van der Waals surface area contributed by atoms with E-state index in [1.165, 1.54) is 17.0 Å². The highest BCUT2D eigenvalue weighted by Crippen LogP contribution is 2.20. The molecule has 3 amide bonds. The molecule has 8 nitrogen and oxygen atoms in total. The summed E-state index contributed by atoms with van der Waals surface area (Å²) in [6.07, 6.45) is 0. The van der Waals surface area contributed by atoms with Crippen LogP contribution in [-0.2, 0) is 14.3 Å². The Bertz CT molecular complexity index is 1020. The van der Waals surface area contributed by atoms with Crippen LogP contribution >= 0.6 is 0 Å². The van der Waals surface area contributed by atoms with Crippen molar-refractivity contribution in [1.29, 1.82) is 0 Å². The van der Waals surface area contributed by atoms with Gasteiger partial charge in [-0.25, -0.2) is 4.39 Å². The zero-order chi connectivity index (χ0) is 25.4. The Balaban J connectivity index is 1.52. The quantitative estimate of drug-likeness (QED) is 0.592. The van der Waals surface area contributed by atoms with Crippen molar-refractivity contribution in [1.82, 2.24) is 9.80 Å². The summed E-state index contributed by atoms with van der Waals surface area (Å²) in [5.74, 6) is -1.16. The van der Waals surface area contributed by atoms with Gasteiger partial charge in [0.25, 0.3) is 5.91 Å². The fourth-order valence-electron chi connectivity index (χ4n) is 3.94. The Morgan fingerprint density at radius 2 is 1.74 bits per heavy atom. The molecule has 1 aliphatic rings. The van der Waals surface area contributed by atoms with Gasteiger partial charge in [-0.05, 0) is 42.5 Å². The first-order valence-corrected chi connectivity index (χ1v) is 11.8. The Labute approximate surface area is 205 Å². The molecule has 0 atom stereocenters. The van der Waals surface area contributed by atoms with Gasteiger partial charge >= 0.3 is 0 Å². The van der Waals surface area contributed by atoms with E-state index in [0.29, 0.717) is 50.6 Å². The number of anilines is 2. The molecule has 0 saturated carbocycles. The number of nitrogens with zero attached hydrogens (tertiary/aromatic N) is 3. The number of hydrogen-bond acceptors (Lipinski definition) is 5. The average molecular weight is 485 g/mol. The maximum Gasteiger partial charge on any atom is 0.254 e. The fraction of sp³-hybridized carbons (Fsp3) is 0.423. The first-order valence-electron chi connectivity index (χ1n) is 11.8. The van der Waals surface area contributed by atoms with Crippen molar-refractivity contribution in [2.75, 3.05) is 63.2 Å². The van der Waals surface area contributed by atoms with Crippen LogP contribution in [0.25, 0.3) is 0 Å². The molecule has 2 aromatic rings. The standard InChI is InChI=1S/C26H33FN4O4/c1-19(2)25(33)31(15-16-35-3)18-24(32)28-22-7-9-23(10-8-22)29-11-13-30(14-12-29)26(34)20-5-4-6-21(27)17-20/h4-10,17,19H,11-16,18H2,1-3H3,(H,28,32). The maximum atomic E-state index is 13.4. The van der Waals surface area contributed by atoms with Gasteiger partial charge < -0.3 is 24.8 Å². The third-order valence-electron chi connectivity index (χ3n) is 5.86. The number of halogens is 1. The zero-order valence-electron chi connectivity index (χ0n) is 20.5. The van der Waals surface area contributed by atoms with Crippen LogP contribution in [0.5, 0.6) is 0 Å². The van der Waals surface area contributed by atoms with Crippen molar-refractivity contribution >= 4 is 29.1 Å². The highest BCUT2D eigenvalue weighted by molar-refractivity contribution is 5.95. The van der Waals surface area contributed by atoms with E-state index in [4.69, 9.17) is 4.74 Å². The molecule has 1 N–H and O–H groups in total. The molecule has 1 heterocycles. The van der Waals surface area contributed by atoms with E-state index in [1.54, 1.807) is 38.0 Å². The van der Waals surface area contributed by atoms with E-state index in [2.05, 4.69) is 10.2 Å². The van der Waals surface area contributed by atoms with Crippen molar-refractivity contribution in [3.05, 3.63) is 59.9 Å². The molecule has 9 heteroatoms. The SMILES string of the molecule is COCCN(CC(=O)Nc1ccc(N2CCN(C(=O)c3cccc(F)c3)CC2)cc1)C(=O)C(C)C. The predicted octanol–water partition coefficient (Wildman–Crippen LogP) is 2.86. The Hall–Kier alpha value is -3.46. The van der Waals surface area contributed by atoms with Gasteiger partial charge in [-0.2, -0.15) is 0 Å². The first-order chi connectivity index (χ1) is 16.8. The second kappa shape index (κ2) is 12.3. The molecule has 0 spiro atoms. The molecule has 1 fully saturated rings. The summed E-state index contributed by atoms with van der Waals surface area (Å²) in [5, 5.41) is 2.84. The van der Waals surface area contributed by atoms with Crippen molar-refractivity contribution in [3.8, 4) is 0 Å². The van der Waals surface area contributed by atoms with E-state index >= 15 is 0 Å². The summed E-state index contributed by atoms with van der Waals surface area (Å²) in [7, 11) is 1.56. The molecule has 0 unspecified atom stereocenters. The van der Waals surface area contributed by atoms with Gasteiger partial charge in [0.1, 0.15) is 5.82 Å². The van der Waals surface area contributed by atoms with E-state index < -0.39 is 5.82 Å². The lowest BCUT2D eigenvalue weighted by Crippen LogP contribution is -2.48. The molecule has 2 aromatic carbocycles. The second-order valence-electron chi connectivity index (χ2n) is 8.79. The molecular weight excluding hydrogens is 451 g/mol. The summed E-state index contributed by atoms with van der Waals surface area (Å²) < 4.78 is 18.5. The molecule has 3 rings (SSSR count). The third-order valence-corrected chi connectivity index (χ3v) is 5.86. The van der Waals surface area contributed by atoms with Crippen LogP contribution in [0, 0.1) is 11.7 Å². The van der Waals surface area contributed by atoms with Gasteiger partial charge in [0.05, 0.1) is 13.2 Å². The number of methoxy groups -OCH3 is 1. The van der Waals surface area contributed by atoms with Crippen LogP contribution in [0.1, 0.15) is 24.2 Å². The molecule has 188 valence electrons. The molecule has 35 heavy (non-hydrogen) atoms. The molecule has 0 aliphatic carbocycles. The van der Waals surface area contributed by atoms with Crippen LogP contribution in [0.2, 0.25) is 0 Å². The normalized spacial score (nSPS) is 13.6. The van der Waals surface area contributed by atoms with Crippen molar-refractivity contribution < 1.29 is 23.5 Å². The molecule has 0 radical (unpaired) electrons. The first kappa shape index (κ1) is 26.2. The molecule has 1 saturated heterocycles. The van der Waals surface area contributed by atoms with E-state index in [0.717, 1.165) is 5.69 Å². The Morgan fingerprint density at radius 3 is 2.34 bits per heavy atom. The predicted molar refractivity (Wildman–Crippen MR) is 133 cm³/mol. The van der Waals surface area contributed by atoms with Gasteiger partial charge in [-0.15, -0.1) is 0 Å². The summed E-state index contributed by atoms with van der Waals surface area (Å²) >= 11 is 0. The van der Waals surface area contributed by atoms with E-state index in [1.807, 2.05) is 24.3 Å². The zero-order valence-corrected chi connectivity index (χ0v) is 20.5. The van der Waals surface area contributed by atoms with Gasteiger partial charge in [0.15, 0.2) is 0 Å². The largest absolute Gasteiger partial charge is 0.383 e. The number of nitrogens with one attached hydrogen (secondary N) is 1. The molecular formula is C26H33FN4O4. The van der Waals surface area contributed by atoms with Crippen LogP contribution in [0.15, 0.2) is 48.5 Å². The van der Waals surface area contributed by atoms with Gasteiger partial charge in [-0.1, -0.05) is 19.9 Å². The van der Waals surface area contributed by atoms with E-state index in [-0.39, 0.29) is 30.2 Å². The second-order valence-corrected chi connectivity index (χ2v) is 8.79. The number of carbonyl (C=O) groups is 3. The van der Waals surface area contributed by atoms with E-state index in [9.17, 15) is 18.8 Å². The lowest BCUT2D eigenvalue weighted by Gasteiger charge is -2.36. The lowest BCUT2D eigenvalue weighted by molar-refractivity contribution is -0.138. The average Bonchev–Trinajstić information content (AvgIpc) is 2.86. The highest BCUT2D eigenvalue weighted by atomic mass is 19.1. The summed E-state index contributed by atoms with van der Waals surface area (Å²) in [6, 6.07) is 13.2. The fourth-order valence-corrected chi connectivity index (χ4v) is 3.94. The van der Waals surface area contributed by atoms with Crippen LogP contribution in [0.3, 0.4) is 0 Å². The summed E-state index contributed by atoms with van der Waals surface area (Å²) in [6.45, 7) is 6.66. The summed E-state index contributed by atoms with van der Waals surface area (Å²) in [5.41, 5.74) is 1.98. The van der Waals surface area contributed by atoms with Crippen molar-refractivity contribution in [2.24, 2.45) is 5.92 Å². The Kier molecular flexibility index (Phi) is 9.19. The smallest absolute Gasteiger partial charge is 0.254 e. The minimum Gasteiger partial charge on any atom is -0.383 e. The molecule has 0 aromatic heterocycles. The number of ether oxygens (including phenoxy) is 1. The van der Waals surface area contributed by atoms with Gasteiger partial charge in [0, 0.05) is 62.7 Å². The number of hydrogen-bond donors (Lipinski definition) is 1. The van der Waals surface area contributed by atoms with Gasteiger partial charge in [0.2, 0.25) is 11.8 Å². The number of rotatable bonds is 9. The molecule has 0 bridgehead atoms. The van der Waals surface area contributed by atoms with Crippen molar-refractivity contribution in [3.63, 3.8) is 0 Å². The Morgan fingerprint density at radius 1 is 1.06 bits per heavy atom. The highest BCUT2D eigenvalue weighted by Gasteiger charge is 2.23. The minimum atomic E-state index is -0.420. The van der Waals surface area contributed by atoms with Gasteiger partial charge in [-0.3, -0.25) is 14.4 Å². The maximum absolute atomic E-state index is 13.4. The van der Waals surface area contributed by atoms with Crippen LogP contribution in [0.4, 0.5) is 15.8 Å². The number of carbonyl (C=O) groups excluding carboxylic acids is 3. The number of benzene rings is 2.